The maximum Gasteiger partial charge on any atom is 0.257 e. The third-order valence-corrected chi connectivity index (χ3v) is 4.02. The number of pyridine rings is 1. The average molecular weight is 254 g/mol. The molecule has 1 saturated carbocycles. The maximum atomic E-state index is 12.5. The molecule has 1 aliphatic rings. The first-order chi connectivity index (χ1) is 9.18. The lowest BCUT2D eigenvalue weighted by Gasteiger charge is -2.42. The van der Waals surface area contributed by atoms with E-state index >= 15 is 0 Å². The second-order valence-corrected chi connectivity index (χ2v) is 4.96. The topological polar surface area (TPSA) is 72.8 Å². The molecule has 0 bridgehead atoms. The molecule has 1 fully saturated rings. The van der Waals surface area contributed by atoms with Crippen molar-refractivity contribution in [3.63, 3.8) is 0 Å². The highest BCUT2D eigenvalue weighted by Gasteiger charge is 2.43. The second-order valence-electron chi connectivity index (χ2n) is 4.96. The van der Waals surface area contributed by atoms with Crippen molar-refractivity contribution >= 4 is 16.9 Å². The number of fused-ring (bicyclic) bond motifs is 1. The molecule has 0 unspecified atom stereocenters. The largest absolute Gasteiger partial charge is 0.345 e. The van der Waals surface area contributed by atoms with Crippen LogP contribution in [-0.2, 0) is 0 Å². The molecule has 0 spiro atoms. The molecule has 1 N–H and O–H groups in total. The summed E-state index contributed by atoms with van der Waals surface area (Å²) in [7, 11) is 1.71. The number of aromatic amines is 1. The summed E-state index contributed by atoms with van der Waals surface area (Å²) >= 11 is 0. The Morgan fingerprint density at radius 2 is 2.37 bits per heavy atom. The van der Waals surface area contributed by atoms with Crippen LogP contribution in [-0.4, -0.2) is 33.4 Å². The van der Waals surface area contributed by atoms with E-state index in [-0.39, 0.29) is 5.91 Å². The van der Waals surface area contributed by atoms with Crippen molar-refractivity contribution in [2.45, 2.75) is 24.8 Å². The molecule has 2 heterocycles. The summed E-state index contributed by atoms with van der Waals surface area (Å²) in [5.41, 5.74) is 0.647. The van der Waals surface area contributed by atoms with Crippen molar-refractivity contribution in [2.75, 3.05) is 7.05 Å². The molecular formula is C14H14N4O. The van der Waals surface area contributed by atoms with Crippen LogP contribution in [0.15, 0.2) is 24.5 Å². The van der Waals surface area contributed by atoms with Crippen LogP contribution in [0.5, 0.6) is 0 Å². The summed E-state index contributed by atoms with van der Waals surface area (Å²) in [6, 6.07) is 5.95. The third kappa shape index (κ3) is 1.60. The molecule has 1 amide bonds. The normalized spacial score (nSPS) is 16.6. The zero-order valence-corrected chi connectivity index (χ0v) is 10.7. The Bertz CT molecular complexity index is 678. The lowest BCUT2D eigenvalue weighted by atomic mass is 9.76. The standard InChI is InChI=1S/C14H14N4O/c1-18(14(9-15)5-3-6-14)13(19)11-8-17-12-10(11)4-2-7-16-12/h2,4,7-8H,3,5-6H2,1H3,(H,16,17). The SMILES string of the molecule is CN(C(=O)c1c[nH]c2ncccc12)C1(C#N)CCC1. The molecule has 0 aromatic carbocycles. The van der Waals surface area contributed by atoms with Gasteiger partial charge in [0.1, 0.15) is 11.2 Å². The van der Waals surface area contributed by atoms with Crippen LogP contribution >= 0.6 is 0 Å². The molecule has 19 heavy (non-hydrogen) atoms. The van der Waals surface area contributed by atoms with Gasteiger partial charge in [0.2, 0.25) is 0 Å². The number of H-pyrrole nitrogens is 1. The summed E-state index contributed by atoms with van der Waals surface area (Å²) in [6.45, 7) is 0. The fraction of sp³-hybridized carbons (Fsp3) is 0.357. The molecule has 0 radical (unpaired) electrons. The fourth-order valence-corrected chi connectivity index (χ4v) is 2.54. The Balaban J connectivity index is 1.98. The second kappa shape index (κ2) is 4.09. The van der Waals surface area contributed by atoms with Gasteiger partial charge in [-0.1, -0.05) is 0 Å². The maximum absolute atomic E-state index is 12.5. The highest BCUT2D eigenvalue weighted by atomic mass is 16.2. The fourth-order valence-electron chi connectivity index (χ4n) is 2.54. The van der Waals surface area contributed by atoms with E-state index in [1.54, 1.807) is 30.4 Å². The number of nitriles is 1. The zero-order chi connectivity index (χ0) is 13.5. The number of carbonyl (C=O) groups is 1. The number of hydrogen-bond donors (Lipinski definition) is 1. The van der Waals surface area contributed by atoms with Crippen molar-refractivity contribution in [3.05, 3.63) is 30.1 Å². The summed E-state index contributed by atoms with van der Waals surface area (Å²) in [6.07, 6.45) is 5.86. The van der Waals surface area contributed by atoms with Crippen LogP contribution in [0.4, 0.5) is 0 Å². The van der Waals surface area contributed by atoms with Crippen LogP contribution in [0.2, 0.25) is 0 Å². The van der Waals surface area contributed by atoms with Gasteiger partial charge in [0, 0.05) is 24.8 Å². The lowest BCUT2D eigenvalue weighted by molar-refractivity contribution is 0.0499. The molecule has 0 atom stereocenters. The number of hydrogen-bond acceptors (Lipinski definition) is 3. The predicted octanol–water partition coefficient (Wildman–Crippen LogP) is 2.08. The van der Waals surface area contributed by atoms with Gasteiger partial charge >= 0.3 is 0 Å². The van der Waals surface area contributed by atoms with Crippen LogP contribution in [0.25, 0.3) is 11.0 Å². The summed E-state index contributed by atoms with van der Waals surface area (Å²) in [5.74, 6) is -0.125. The van der Waals surface area contributed by atoms with Gasteiger partial charge in [0.15, 0.2) is 0 Å². The number of carbonyl (C=O) groups excluding carboxylic acids is 1. The quantitative estimate of drug-likeness (QED) is 0.891. The first-order valence-electron chi connectivity index (χ1n) is 6.29. The minimum absolute atomic E-state index is 0.125. The Morgan fingerprint density at radius 1 is 1.58 bits per heavy atom. The Morgan fingerprint density at radius 3 is 3.00 bits per heavy atom. The van der Waals surface area contributed by atoms with Gasteiger partial charge in [0.05, 0.1) is 11.6 Å². The molecule has 1 aliphatic carbocycles. The molecule has 2 aromatic rings. The van der Waals surface area contributed by atoms with E-state index in [0.717, 1.165) is 24.6 Å². The first-order valence-corrected chi connectivity index (χ1v) is 6.29. The highest BCUT2D eigenvalue weighted by molar-refractivity contribution is 6.06. The minimum Gasteiger partial charge on any atom is -0.345 e. The molecule has 0 aliphatic heterocycles. The highest BCUT2D eigenvalue weighted by Crippen LogP contribution is 2.37. The van der Waals surface area contributed by atoms with E-state index < -0.39 is 5.54 Å². The van der Waals surface area contributed by atoms with Crippen molar-refractivity contribution in [1.82, 2.24) is 14.9 Å². The van der Waals surface area contributed by atoms with Crippen LogP contribution in [0, 0.1) is 11.3 Å². The zero-order valence-electron chi connectivity index (χ0n) is 10.7. The van der Waals surface area contributed by atoms with E-state index in [1.807, 2.05) is 6.07 Å². The van der Waals surface area contributed by atoms with E-state index in [1.165, 1.54) is 0 Å². The third-order valence-electron chi connectivity index (χ3n) is 4.02. The minimum atomic E-state index is -0.622. The summed E-state index contributed by atoms with van der Waals surface area (Å²) < 4.78 is 0. The number of amides is 1. The van der Waals surface area contributed by atoms with E-state index in [9.17, 15) is 10.1 Å². The van der Waals surface area contributed by atoms with Gasteiger partial charge < -0.3 is 9.88 Å². The van der Waals surface area contributed by atoms with Gasteiger partial charge in [-0.15, -0.1) is 0 Å². The predicted molar refractivity (Wildman–Crippen MR) is 70.4 cm³/mol. The van der Waals surface area contributed by atoms with Crippen molar-refractivity contribution in [2.24, 2.45) is 0 Å². The van der Waals surface area contributed by atoms with Gasteiger partial charge in [-0.2, -0.15) is 5.26 Å². The van der Waals surface area contributed by atoms with Crippen LogP contribution in [0.1, 0.15) is 29.6 Å². The number of nitrogens with one attached hydrogen (secondary N) is 1. The van der Waals surface area contributed by atoms with E-state index in [0.29, 0.717) is 11.2 Å². The Labute approximate surface area is 110 Å². The molecular weight excluding hydrogens is 240 g/mol. The molecule has 2 aromatic heterocycles. The summed E-state index contributed by atoms with van der Waals surface area (Å²) in [5, 5.41) is 10.1. The molecule has 5 heteroatoms. The molecule has 96 valence electrons. The average Bonchev–Trinajstić information content (AvgIpc) is 2.81. The van der Waals surface area contributed by atoms with Crippen molar-refractivity contribution in [3.8, 4) is 6.07 Å². The molecule has 3 rings (SSSR count). The van der Waals surface area contributed by atoms with E-state index in [4.69, 9.17) is 0 Å². The van der Waals surface area contributed by atoms with Gasteiger partial charge in [-0.25, -0.2) is 4.98 Å². The summed E-state index contributed by atoms with van der Waals surface area (Å²) in [4.78, 5) is 21.3. The number of nitrogens with zero attached hydrogens (tertiary/aromatic N) is 3. The lowest BCUT2D eigenvalue weighted by Crippen LogP contribution is -2.53. The van der Waals surface area contributed by atoms with Gasteiger partial charge in [-0.3, -0.25) is 4.79 Å². The van der Waals surface area contributed by atoms with Gasteiger partial charge in [0.25, 0.3) is 5.91 Å². The monoisotopic (exact) mass is 254 g/mol. The first kappa shape index (κ1) is 11.7. The Kier molecular flexibility index (Phi) is 2.53. The number of aromatic nitrogens is 2. The van der Waals surface area contributed by atoms with Gasteiger partial charge in [-0.05, 0) is 31.4 Å². The molecule has 5 nitrogen and oxygen atoms in total. The smallest absolute Gasteiger partial charge is 0.257 e. The van der Waals surface area contributed by atoms with Crippen molar-refractivity contribution in [1.29, 1.82) is 5.26 Å². The van der Waals surface area contributed by atoms with E-state index in [2.05, 4.69) is 16.0 Å². The Hall–Kier alpha value is -2.35. The van der Waals surface area contributed by atoms with Crippen molar-refractivity contribution < 1.29 is 4.79 Å². The van der Waals surface area contributed by atoms with Crippen LogP contribution < -0.4 is 0 Å². The van der Waals surface area contributed by atoms with Crippen LogP contribution in [0.3, 0.4) is 0 Å². The molecule has 0 saturated heterocycles. The number of rotatable bonds is 2.